The first-order valence-corrected chi connectivity index (χ1v) is 8.22. The van der Waals surface area contributed by atoms with Crippen molar-refractivity contribution in [1.82, 2.24) is 9.38 Å². The highest BCUT2D eigenvalue weighted by molar-refractivity contribution is 6.28. The molecule has 1 saturated heterocycles. The van der Waals surface area contributed by atoms with Gasteiger partial charge in [-0.1, -0.05) is 11.6 Å². The van der Waals surface area contributed by atoms with Crippen molar-refractivity contribution in [2.24, 2.45) is 4.99 Å². The van der Waals surface area contributed by atoms with Gasteiger partial charge >= 0.3 is 0 Å². The summed E-state index contributed by atoms with van der Waals surface area (Å²) < 4.78 is 1.91. The van der Waals surface area contributed by atoms with E-state index < -0.39 is 5.60 Å². The predicted molar refractivity (Wildman–Crippen MR) is 94.7 cm³/mol. The Kier molecular flexibility index (Phi) is 2.74. The maximum Gasteiger partial charge on any atom is 0.204 e. The Labute approximate surface area is 144 Å². The fourth-order valence-corrected chi connectivity index (χ4v) is 3.67. The summed E-state index contributed by atoms with van der Waals surface area (Å²) in [5.41, 5.74) is 2.41. The molecule has 1 aromatic carbocycles. The Balaban J connectivity index is 1.67. The molecule has 124 valence electrons. The summed E-state index contributed by atoms with van der Waals surface area (Å²) in [6.45, 7) is 2.46. The number of aromatic nitrogens is 2. The largest absolute Gasteiger partial charge is 0.374 e. The third kappa shape index (κ3) is 1.91. The molecule has 0 amide bonds. The van der Waals surface area contributed by atoms with E-state index in [1.807, 2.05) is 46.7 Å². The van der Waals surface area contributed by atoms with Crippen LogP contribution in [0.4, 0.5) is 11.4 Å². The average Bonchev–Trinajstić information content (AvgIpc) is 3.20. The molecule has 0 spiro atoms. The maximum absolute atomic E-state index is 12.9. The number of nitrogens with zero attached hydrogens (tertiary/aromatic N) is 4. The summed E-state index contributed by atoms with van der Waals surface area (Å²) >= 11 is 0. The molecule has 6 heteroatoms. The van der Waals surface area contributed by atoms with Crippen molar-refractivity contribution in [1.29, 1.82) is 0 Å². The van der Waals surface area contributed by atoms with E-state index in [0.717, 1.165) is 16.8 Å². The van der Waals surface area contributed by atoms with E-state index in [9.17, 15) is 9.90 Å². The predicted octanol–water partition coefficient (Wildman–Crippen LogP) is 2.51. The number of amidine groups is 1. The molecule has 5 rings (SSSR count). The number of rotatable bonds is 1. The van der Waals surface area contributed by atoms with Crippen molar-refractivity contribution in [3.63, 3.8) is 0 Å². The van der Waals surface area contributed by atoms with Gasteiger partial charge in [-0.05, 0) is 31.2 Å². The van der Waals surface area contributed by atoms with Crippen molar-refractivity contribution >= 4 is 28.5 Å². The van der Waals surface area contributed by atoms with Gasteiger partial charge in [0.05, 0.1) is 29.4 Å². The Morgan fingerprint density at radius 1 is 1.24 bits per heavy atom. The Morgan fingerprint density at radius 2 is 2.12 bits per heavy atom. The molecule has 0 bridgehead atoms. The second kappa shape index (κ2) is 4.77. The van der Waals surface area contributed by atoms with E-state index in [1.165, 1.54) is 0 Å². The van der Waals surface area contributed by atoms with Gasteiger partial charge < -0.3 is 14.4 Å². The van der Waals surface area contributed by atoms with E-state index in [1.54, 1.807) is 18.6 Å². The van der Waals surface area contributed by atoms with Gasteiger partial charge in [-0.25, -0.2) is 9.98 Å². The van der Waals surface area contributed by atoms with Gasteiger partial charge in [0.25, 0.3) is 0 Å². The number of pyridine rings is 1. The number of carbonyl (C=O) groups excluding carboxylic acids is 1. The number of imidazole rings is 1. The highest BCUT2D eigenvalue weighted by Gasteiger charge is 2.52. The lowest BCUT2D eigenvalue weighted by Gasteiger charge is -2.29. The van der Waals surface area contributed by atoms with Crippen LogP contribution < -0.4 is 4.90 Å². The van der Waals surface area contributed by atoms with Crippen molar-refractivity contribution in [3.8, 4) is 0 Å². The Morgan fingerprint density at radius 3 is 3.00 bits per heavy atom. The molecule has 2 aliphatic heterocycles. The van der Waals surface area contributed by atoms with Gasteiger partial charge in [-0.2, -0.15) is 0 Å². The minimum absolute atomic E-state index is 0.262. The molecule has 25 heavy (non-hydrogen) atoms. The molecule has 0 radical (unpaired) electrons. The van der Waals surface area contributed by atoms with E-state index in [2.05, 4.69) is 9.98 Å². The third-order valence-electron chi connectivity index (χ3n) is 5.03. The summed E-state index contributed by atoms with van der Waals surface area (Å²) in [5.74, 6) is 0.149. The SMILES string of the molecule is Cc1ccc2c(c1)C(=O)C1(O)CCN(c3ccc4cncn4c3)C1=N2. The van der Waals surface area contributed by atoms with Crippen LogP contribution in [0.15, 0.2) is 54.0 Å². The fourth-order valence-electron chi connectivity index (χ4n) is 3.67. The summed E-state index contributed by atoms with van der Waals surface area (Å²) in [6.07, 6.45) is 5.78. The zero-order chi connectivity index (χ0) is 17.2. The number of ketones is 1. The topological polar surface area (TPSA) is 70.2 Å². The Bertz CT molecular complexity index is 1070. The first-order chi connectivity index (χ1) is 12.1. The number of Topliss-reactive ketones (excluding diaryl/α,β-unsaturated/α-hetero) is 1. The molecule has 0 saturated carbocycles. The van der Waals surface area contributed by atoms with Crippen LogP contribution in [-0.2, 0) is 0 Å². The number of aryl methyl sites for hydroxylation is 1. The standard InChI is InChI=1S/C19H16N4O2/c1-12-2-5-16-15(8-12)17(24)19(25)6-7-23(18(19)21-16)14-4-3-13-9-20-11-22(13)10-14/h2-5,8-11,25H,6-7H2,1H3. The first kappa shape index (κ1) is 14.4. The minimum atomic E-state index is -1.55. The molecule has 1 fully saturated rings. The second-order valence-electron chi connectivity index (χ2n) is 6.66. The Hall–Kier alpha value is -2.99. The normalized spacial score (nSPS) is 22.1. The average molecular weight is 332 g/mol. The van der Waals surface area contributed by atoms with E-state index in [-0.39, 0.29) is 5.78 Å². The third-order valence-corrected chi connectivity index (χ3v) is 5.03. The van der Waals surface area contributed by atoms with Gasteiger partial charge in [0, 0.05) is 24.7 Å². The summed E-state index contributed by atoms with van der Waals surface area (Å²) in [7, 11) is 0. The number of benzene rings is 1. The van der Waals surface area contributed by atoms with E-state index in [0.29, 0.717) is 30.1 Å². The quantitative estimate of drug-likeness (QED) is 0.743. The molecule has 6 nitrogen and oxygen atoms in total. The number of fused-ring (bicyclic) bond motifs is 3. The smallest absolute Gasteiger partial charge is 0.204 e. The van der Waals surface area contributed by atoms with Gasteiger partial charge in [-0.15, -0.1) is 0 Å². The van der Waals surface area contributed by atoms with Crippen molar-refractivity contribution in [2.75, 3.05) is 11.4 Å². The molecular weight excluding hydrogens is 316 g/mol. The molecule has 1 atom stereocenters. The maximum atomic E-state index is 12.9. The minimum Gasteiger partial charge on any atom is -0.374 e. The second-order valence-corrected chi connectivity index (χ2v) is 6.66. The van der Waals surface area contributed by atoms with Crippen LogP contribution in [0.5, 0.6) is 0 Å². The van der Waals surface area contributed by atoms with Gasteiger partial charge in [0.15, 0.2) is 5.60 Å². The van der Waals surface area contributed by atoms with Crippen LogP contribution >= 0.6 is 0 Å². The first-order valence-electron chi connectivity index (χ1n) is 8.22. The number of anilines is 1. The molecule has 0 aliphatic carbocycles. The molecule has 3 aromatic rings. The molecule has 2 aliphatic rings. The van der Waals surface area contributed by atoms with E-state index in [4.69, 9.17) is 0 Å². The molecular formula is C19H16N4O2. The lowest BCUT2D eigenvalue weighted by molar-refractivity contribution is 0.0602. The lowest BCUT2D eigenvalue weighted by atomic mass is 9.87. The molecule has 1 N–H and O–H groups in total. The number of aliphatic hydroxyl groups is 1. The highest BCUT2D eigenvalue weighted by Crippen LogP contribution is 2.39. The van der Waals surface area contributed by atoms with Crippen LogP contribution in [0.3, 0.4) is 0 Å². The van der Waals surface area contributed by atoms with Gasteiger partial charge in [0.1, 0.15) is 5.84 Å². The zero-order valence-corrected chi connectivity index (χ0v) is 13.7. The van der Waals surface area contributed by atoms with Crippen LogP contribution in [0.2, 0.25) is 0 Å². The summed E-state index contributed by atoms with van der Waals surface area (Å²) in [5, 5.41) is 11.1. The monoisotopic (exact) mass is 332 g/mol. The summed E-state index contributed by atoms with van der Waals surface area (Å²) in [4.78, 5) is 23.6. The molecule has 2 aromatic heterocycles. The fraction of sp³-hybridized carbons (Fsp3) is 0.211. The van der Waals surface area contributed by atoms with Crippen LogP contribution in [0.25, 0.3) is 5.52 Å². The summed E-state index contributed by atoms with van der Waals surface area (Å²) in [6, 6.07) is 9.49. The lowest BCUT2D eigenvalue weighted by Crippen LogP contribution is -2.48. The zero-order valence-electron chi connectivity index (χ0n) is 13.7. The van der Waals surface area contributed by atoms with Crippen molar-refractivity contribution in [2.45, 2.75) is 18.9 Å². The van der Waals surface area contributed by atoms with Crippen LogP contribution in [0.1, 0.15) is 22.3 Å². The highest BCUT2D eigenvalue weighted by atomic mass is 16.3. The van der Waals surface area contributed by atoms with Crippen LogP contribution in [-0.4, -0.2) is 38.3 Å². The van der Waals surface area contributed by atoms with Gasteiger partial charge in [-0.3, -0.25) is 4.79 Å². The molecule has 4 heterocycles. The number of aliphatic imine (C=N–C) groups is 1. The number of hydrogen-bond donors (Lipinski definition) is 1. The number of carbonyl (C=O) groups is 1. The van der Waals surface area contributed by atoms with Crippen molar-refractivity contribution in [3.05, 3.63) is 60.2 Å². The number of hydrogen-bond acceptors (Lipinski definition) is 5. The van der Waals surface area contributed by atoms with Crippen molar-refractivity contribution < 1.29 is 9.90 Å². The van der Waals surface area contributed by atoms with Gasteiger partial charge in [0.2, 0.25) is 5.78 Å². The van der Waals surface area contributed by atoms with E-state index >= 15 is 0 Å². The molecule has 1 unspecified atom stereocenters. The van der Waals surface area contributed by atoms with Crippen LogP contribution in [0, 0.1) is 6.92 Å².